The number of benzene rings is 2. The molecular formula is C21H25BrClFN2O2. The first kappa shape index (κ1) is 21.5. The van der Waals surface area contributed by atoms with E-state index in [0.29, 0.717) is 11.6 Å². The maximum atomic E-state index is 13.2. The van der Waals surface area contributed by atoms with Gasteiger partial charge < -0.3 is 14.8 Å². The predicted octanol–water partition coefficient (Wildman–Crippen LogP) is 4.63. The van der Waals surface area contributed by atoms with Gasteiger partial charge in [-0.15, -0.1) is 0 Å². The minimum atomic E-state index is -0.348. The lowest BCUT2D eigenvalue weighted by Gasteiger charge is -2.26. The third-order valence-corrected chi connectivity index (χ3v) is 5.51. The highest BCUT2D eigenvalue weighted by Crippen LogP contribution is 2.25. The summed E-state index contributed by atoms with van der Waals surface area (Å²) >= 11 is 9.61. The lowest BCUT2D eigenvalue weighted by atomic mass is 10.2. The molecule has 0 radical (unpaired) electrons. The smallest absolute Gasteiger partial charge is 0.124 e. The second kappa shape index (κ2) is 11.1. The third kappa shape index (κ3) is 6.71. The van der Waals surface area contributed by atoms with Crippen molar-refractivity contribution >= 4 is 27.5 Å². The number of hydrogen-bond donors (Lipinski definition) is 1. The molecule has 1 aliphatic rings. The van der Waals surface area contributed by atoms with E-state index in [1.807, 2.05) is 12.1 Å². The van der Waals surface area contributed by atoms with E-state index in [4.69, 9.17) is 21.1 Å². The first-order chi connectivity index (χ1) is 13.6. The highest BCUT2D eigenvalue weighted by Gasteiger charge is 2.10. The first-order valence-corrected chi connectivity index (χ1v) is 10.6. The van der Waals surface area contributed by atoms with Gasteiger partial charge in [0.05, 0.1) is 18.2 Å². The van der Waals surface area contributed by atoms with Gasteiger partial charge in [-0.1, -0.05) is 33.6 Å². The zero-order chi connectivity index (χ0) is 19.8. The molecule has 1 fully saturated rings. The molecule has 3 rings (SSSR count). The molecule has 2 aromatic carbocycles. The molecule has 7 heteroatoms. The lowest BCUT2D eigenvalue weighted by molar-refractivity contribution is 0.0374. The monoisotopic (exact) mass is 470 g/mol. The van der Waals surface area contributed by atoms with E-state index < -0.39 is 0 Å². The number of ether oxygens (including phenoxy) is 2. The Morgan fingerprint density at radius 2 is 1.96 bits per heavy atom. The van der Waals surface area contributed by atoms with Crippen molar-refractivity contribution in [2.75, 3.05) is 39.4 Å². The van der Waals surface area contributed by atoms with Crippen molar-refractivity contribution in [3.63, 3.8) is 0 Å². The van der Waals surface area contributed by atoms with Gasteiger partial charge in [0.25, 0.3) is 0 Å². The van der Waals surface area contributed by atoms with Gasteiger partial charge in [-0.25, -0.2) is 4.39 Å². The number of halogens is 3. The van der Waals surface area contributed by atoms with Crippen LogP contribution in [0.15, 0.2) is 40.9 Å². The topological polar surface area (TPSA) is 33.7 Å². The van der Waals surface area contributed by atoms with E-state index >= 15 is 0 Å². The third-order valence-electron chi connectivity index (χ3n) is 4.67. The second-order valence-electron chi connectivity index (χ2n) is 6.76. The summed E-state index contributed by atoms with van der Waals surface area (Å²) < 4.78 is 25.5. The van der Waals surface area contributed by atoms with Gasteiger partial charge in [0.15, 0.2) is 0 Å². The predicted molar refractivity (Wildman–Crippen MR) is 113 cm³/mol. The Balaban J connectivity index is 1.49. The Morgan fingerprint density at radius 1 is 1.14 bits per heavy atom. The molecule has 0 atom stereocenters. The van der Waals surface area contributed by atoms with E-state index in [2.05, 4.69) is 32.2 Å². The second-order valence-corrected chi connectivity index (χ2v) is 8.08. The molecule has 152 valence electrons. The SMILES string of the molecule is Fc1ccc(COc2ccc(Br)cc2CNCCCN2CCOCC2)c(Cl)c1. The van der Waals surface area contributed by atoms with Crippen molar-refractivity contribution < 1.29 is 13.9 Å². The Kier molecular flexibility index (Phi) is 8.55. The summed E-state index contributed by atoms with van der Waals surface area (Å²) in [7, 11) is 0. The highest BCUT2D eigenvalue weighted by atomic mass is 79.9. The molecule has 0 saturated carbocycles. The molecule has 0 unspecified atom stereocenters. The summed E-state index contributed by atoms with van der Waals surface area (Å²) in [6, 6.07) is 10.3. The van der Waals surface area contributed by atoms with Crippen LogP contribution < -0.4 is 10.1 Å². The molecule has 0 aliphatic carbocycles. The van der Waals surface area contributed by atoms with Gasteiger partial charge in [0.2, 0.25) is 0 Å². The van der Waals surface area contributed by atoms with Gasteiger partial charge in [-0.3, -0.25) is 4.90 Å². The van der Waals surface area contributed by atoms with Gasteiger partial charge in [-0.05, 0) is 49.8 Å². The molecule has 4 nitrogen and oxygen atoms in total. The van der Waals surface area contributed by atoms with Crippen molar-refractivity contribution in [3.8, 4) is 5.75 Å². The van der Waals surface area contributed by atoms with Crippen LogP contribution in [-0.2, 0) is 17.9 Å². The fraction of sp³-hybridized carbons (Fsp3) is 0.429. The summed E-state index contributed by atoms with van der Waals surface area (Å²) in [5.74, 6) is 0.448. The van der Waals surface area contributed by atoms with Crippen LogP contribution in [0.5, 0.6) is 5.75 Å². The number of hydrogen-bond acceptors (Lipinski definition) is 4. The van der Waals surface area contributed by atoms with Gasteiger partial charge in [0, 0.05) is 35.2 Å². The average molecular weight is 472 g/mol. The maximum absolute atomic E-state index is 13.2. The van der Waals surface area contributed by atoms with Crippen LogP contribution in [0.25, 0.3) is 0 Å². The summed E-state index contributed by atoms with van der Waals surface area (Å²) in [6.45, 7) is 6.76. The van der Waals surface area contributed by atoms with Gasteiger partial charge in [-0.2, -0.15) is 0 Å². The van der Waals surface area contributed by atoms with Crippen LogP contribution >= 0.6 is 27.5 Å². The van der Waals surface area contributed by atoms with Crippen LogP contribution in [0.1, 0.15) is 17.5 Å². The number of nitrogens with zero attached hydrogens (tertiary/aromatic N) is 1. The van der Waals surface area contributed by atoms with E-state index in [-0.39, 0.29) is 5.82 Å². The number of morpholine rings is 1. The first-order valence-electron chi connectivity index (χ1n) is 9.48. The number of rotatable bonds is 9. The summed E-state index contributed by atoms with van der Waals surface area (Å²) in [5.41, 5.74) is 1.83. The molecule has 1 aliphatic heterocycles. The van der Waals surface area contributed by atoms with Crippen molar-refractivity contribution in [2.24, 2.45) is 0 Å². The van der Waals surface area contributed by atoms with Crippen molar-refractivity contribution in [1.82, 2.24) is 10.2 Å². The normalized spacial score (nSPS) is 15.0. The number of nitrogens with one attached hydrogen (secondary N) is 1. The van der Waals surface area contributed by atoms with Crippen LogP contribution in [0.2, 0.25) is 5.02 Å². The fourth-order valence-electron chi connectivity index (χ4n) is 3.10. The van der Waals surface area contributed by atoms with E-state index in [0.717, 1.165) is 73.7 Å². The molecule has 1 heterocycles. The lowest BCUT2D eigenvalue weighted by Crippen LogP contribution is -2.37. The van der Waals surface area contributed by atoms with E-state index in [1.54, 1.807) is 6.07 Å². The standard InChI is InChI=1S/C21H25BrClFN2O2/c22-18-3-5-21(28-15-16-2-4-19(24)13-20(16)23)17(12-18)14-25-6-1-7-26-8-10-27-11-9-26/h2-5,12-13,25H,1,6-11,14-15H2. The Bertz CT molecular complexity index is 772. The summed E-state index contributed by atoms with van der Waals surface area (Å²) in [6.07, 6.45) is 1.09. The molecular weight excluding hydrogens is 447 g/mol. The molecule has 0 aromatic heterocycles. The molecule has 28 heavy (non-hydrogen) atoms. The minimum absolute atomic E-state index is 0.296. The van der Waals surface area contributed by atoms with Crippen LogP contribution in [0.3, 0.4) is 0 Å². The van der Waals surface area contributed by atoms with E-state index in [9.17, 15) is 4.39 Å². The zero-order valence-corrected chi connectivity index (χ0v) is 18.1. The van der Waals surface area contributed by atoms with Crippen molar-refractivity contribution in [3.05, 3.63) is 62.8 Å². The average Bonchev–Trinajstić information content (AvgIpc) is 2.69. The summed E-state index contributed by atoms with van der Waals surface area (Å²) in [4.78, 5) is 2.44. The van der Waals surface area contributed by atoms with E-state index in [1.165, 1.54) is 12.1 Å². The maximum Gasteiger partial charge on any atom is 0.124 e. The quantitative estimate of drug-likeness (QED) is 0.541. The van der Waals surface area contributed by atoms with Crippen LogP contribution in [0.4, 0.5) is 4.39 Å². The zero-order valence-electron chi connectivity index (χ0n) is 15.7. The molecule has 1 N–H and O–H groups in total. The Morgan fingerprint density at radius 3 is 2.75 bits per heavy atom. The Hall–Kier alpha value is -1.18. The largest absolute Gasteiger partial charge is 0.489 e. The fourth-order valence-corrected chi connectivity index (χ4v) is 3.73. The molecule has 2 aromatic rings. The molecule has 0 bridgehead atoms. The van der Waals surface area contributed by atoms with Crippen LogP contribution in [0, 0.1) is 5.82 Å². The Labute approximate surface area is 179 Å². The van der Waals surface area contributed by atoms with Crippen molar-refractivity contribution in [2.45, 2.75) is 19.6 Å². The molecule has 0 spiro atoms. The molecule has 1 saturated heterocycles. The minimum Gasteiger partial charge on any atom is -0.489 e. The van der Waals surface area contributed by atoms with Crippen LogP contribution in [-0.4, -0.2) is 44.3 Å². The van der Waals surface area contributed by atoms with Gasteiger partial charge >= 0.3 is 0 Å². The highest BCUT2D eigenvalue weighted by molar-refractivity contribution is 9.10. The molecule has 0 amide bonds. The van der Waals surface area contributed by atoms with Gasteiger partial charge in [0.1, 0.15) is 18.2 Å². The van der Waals surface area contributed by atoms with Crippen molar-refractivity contribution in [1.29, 1.82) is 0 Å². The summed E-state index contributed by atoms with van der Waals surface area (Å²) in [5, 5.41) is 3.87.